The molecule has 112 valence electrons. The summed E-state index contributed by atoms with van der Waals surface area (Å²) in [5.74, 6) is 0. The lowest BCUT2D eigenvalue weighted by atomic mass is 10.1. The van der Waals surface area contributed by atoms with Crippen LogP contribution in [0.15, 0.2) is 70.9 Å². The molecule has 2 rings (SSSR count). The molecule has 0 spiro atoms. The summed E-state index contributed by atoms with van der Waals surface area (Å²) in [6.45, 7) is 1.67. The van der Waals surface area contributed by atoms with Gasteiger partial charge in [-0.2, -0.15) is 5.10 Å². The Bertz CT molecular complexity index is 684. The summed E-state index contributed by atoms with van der Waals surface area (Å²) in [6, 6.07) is 19.0. The molecule has 22 heavy (non-hydrogen) atoms. The van der Waals surface area contributed by atoms with E-state index in [0.29, 0.717) is 16.5 Å². The molecule has 5 nitrogen and oxygen atoms in total. The number of benzene rings is 2. The van der Waals surface area contributed by atoms with Crippen molar-refractivity contribution in [1.29, 1.82) is 0 Å². The van der Waals surface area contributed by atoms with E-state index in [0.717, 1.165) is 11.3 Å². The fourth-order valence-electron chi connectivity index (χ4n) is 1.78. The van der Waals surface area contributed by atoms with Gasteiger partial charge in [0.15, 0.2) is 5.11 Å². The summed E-state index contributed by atoms with van der Waals surface area (Å²) in [5, 5.41) is 19.8. The van der Waals surface area contributed by atoms with Gasteiger partial charge in [-0.3, -0.25) is 5.43 Å². The molecule has 0 amide bonds. The topological polar surface area (TPSA) is 69.0 Å². The van der Waals surface area contributed by atoms with E-state index in [2.05, 4.69) is 21.0 Å². The minimum absolute atomic E-state index is 0.352. The standard InChI is InChI=1S/C16H16N4OS/c1-12(20-21)15(13-8-4-2-5-9-13)18-19-16(22)17-14-10-6-3-7-11-14/h2-11,21H,1H3,(H2,17,19,22)/b18-15-,20-12+. The van der Waals surface area contributed by atoms with Gasteiger partial charge >= 0.3 is 0 Å². The summed E-state index contributed by atoms with van der Waals surface area (Å²) in [6.07, 6.45) is 0. The van der Waals surface area contributed by atoms with Crippen LogP contribution in [0, 0.1) is 0 Å². The van der Waals surface area contributed by atoms with E-state index in [-0.39, 0.29) is 0 Å². The molecule has 0 aromatic heterocycles. The molecule has 0 aliphatic rings. The Hall–Kier alpha value is -2.73. The first-order valence-electron chi connectivity index (χ1n) is 6.65. The molecule has 0 atom stereocenters. The highest BCUT2D eigenvalue weighted by atomic mass is 32.1. The number of nitrogens with one attached hydrogen (secondary N) is 2. The molecule has 0 fully saturated rings. The molecule has 0 bridgehead atoms. The predicted octanol–water partition coefficient (Wildman–Crippen LogP) is 3.23. The van der Waals surface area contributed by atoms with Gasteiger partial charge in [0.2, 0.25) is 0 Å². The second kappa shape index (κ2) is 7.90. The Morgan fingerprint density at radius 1 is 1.00 bits per heavy atom. The van der Waals surface area contributed by atoms with Crippen LogP contribution in [0.5, 0.6) is 0 Å². The second-order valence-electron chi connectivity index (χ2n) is 4.44. The zero-order chi connectivity index (χ0) is 15.8. The molecule has 0 saturated heterocycles. The van der Waals surface area contributed by atoms with Gasteiger partial charge in [0, 0.05) is 11.3 Å². The maximum absolute atomic E-state index is 9.00. The first-order valence-corrected chi connectivity index (χ1v) is 7.05. The van der Waals surface area contributed by atoms with Gasteiger partial charge in [0.05, 0.1) is 0 Å². The van der Waals surface area contributed by atoms with Gasteiger partial charge < -0.3 is 10.5 Å². The Balaban J connectivity index is 2.12. The molecular formula is C16H16N4OS. The van der Waals surface area contributed by atoms with Crippen molar-refractivity contribution < 1.29 is 5.21 Å². The van der Waals surface area contributed by atoms with Gasteiger partial charge in [-0.1, -0.05) is 53.7 Å². The third-order valence-electron chi connectivity index (χ3n) is 2.84. The summed E-state index contributed by atoms with van der Waals surface area (Å²) in [5.41, 5.74) is 5.36. The second-order valence-corrected chi connectivity index (χ2v) is 4.85. The highest BCUT2D eigenvalue weighted by Crippen LogP contribution is 2.05. The molecule has 0 aliphatic carbocycles. The van der Waals surface area contributed by atoms with Crippen LogP contribution in [-0.4, -0.2) is 21.7 Å². The van der Waals surface area contributed by atoms with Crippen LogP contribution in [0.25, 0.3) is 0 Å². The van der Waals surface area contributed by atoms with Crippen LogP contribution in [0.2, 0.25) is 0 Å². The maximum atomic E-state index is 9.00. The Labute approximate surface area is 134 Å². The fourth-order valence-corrected chi connectivity index (χ4v) is 1.95. The van der Waals surface area contributed by atoms with E-state index in [1.807, 2.05) is 60.7 Å². The smallest absolute Gasteiger partial charge is 0.191 e. The number of nitrogens with zero attached hydrogens (tertiary/aromatic N) is 2. The van der Waals surface area contributed by atoms with E-state index in [1.54, 1.807) is 6.92 Å². The van der Waals surface area contributed by atoms with Crippen LogP contribution < -0.4 is 10.7 Å². The van der Waals surface area contributed by atoms with E-state index in [9.17, 15) is 0 Å². The lowest BCUT2D eigenvalue weighted by Gasteiger charge is -2.09. The zero-order valence-corrected chi connectivity index (χ0v) is 12.8. The summed E-state index contributed by atoms with van der Waals surface area (Å²) in [7, 11) is 0. The number of rotatable bonds is 4. The quantitative estimate of drug-likeness (QED) is 0.351. The maximum Gasteiger partial charge on any atom is 0.191 e. The lowest BCUT2D eigenvalue weighted by Crippen LogP contribution is -2.27. The average Bonchev–Trinajstić information content (AvgIpc) is 2.56. The van der Waals surface area contributed by atoms with E-state index >= 15 is 0 Å². The molecule has 0 radical (unpaired) electrons. The minimum Gasteiger partial charge on any atom is -0.411 e. The Kier molecular flexibility index (Phi) is 5.62. The highest BCUT2D eigenvalue weighted by molar-refractivity contribution is 7.80. The van der Waals surface area contributed by atoms with E-state index in [1.165, 1.54) is 0 Å². The molecule has 0 unspecified atom stereocenters. The van der Waals surface area contributed by atoms with E-state index in [4.69, 9.17) is 17.4 Å². The van der Waals surface area contributed by atoms with Crippen LogP contribution in [0.3, 0.4) is 0 Å². The molecule has 0 saturated carbocycles. The van der Waals surface area contributed by atoms with Crippen molar-refractivity contribution in [3.05, 3.63) is 66.2 Å². The number of hydrogen-bond acceptors (Lipinski definition) is 4. The van der Waals surface area contributed by atoms with Gasteiger partial charge in [-0.25, -0.2) is 0 Å². The van der Waals surface area contributed by atoms with Crippen molar-refractivity contribution in [2.45, 2.75) is 6.92 Å². The van der Waals surface area contributed by atoms with Crippen LogP contribution in [-0.2, 0) is 0 Å². The van der Waals surface area contributed by atoms with Crippen molar-refractivity contribution in [2.75, 3.05) is 5.32 Å². The zero-order valence-electron chi connectivity index (χ0n) is 12.0. The predicted molar refractivity (Wildman–Crippen MR) is 93.7 cm³/mol. The van der Waals surface area contributed by atoms with Gasteiger partial charge in [0.25, 0.3) is 0 Å². The minimum atomic E-state index is 0.352. The molecule has 3 N–H and O–H groups in total. The van der Waals surface area contributed by atoms with Crippen LogP contribution >= 0.6 is 12.2 Å². The summed E-state index contributed by atoms with van der Waals surface area (Å²) < 4.78 is 0. The van der Waals surface area contributed by atoms with Crippen molar-refractivity contribution in [3.63, 3.8) is 0 Å². The monoisotopic (exact) mass is 312 g/mol. The Morgan fingerprint density at radius 3 is 2.18 bits per heavy atom. The van der Waals surface area contributed by atoms with Gasteiger partial charge in [-0.15, -0.1) is 0 Å². The molecule has 2 aromatic carbocycles. The third-order valence-corrected chi connectivity index (χ3v) is 3.03. The lowest BCUT2D eigenvalue weighted by molar-refractivity contribution is 0.320. The number of para-hydroxylation sites is 1. The normalized spacial score (nSPS) is 11.9. The molecule has 6 heteroatoms. The van der Waals surface area contributed by atoms with Crippen LogP contribution in [0.1, 0.15) is 12.5 Å². The first kappa shape index (κ1) is 15.7. The van der Waals surface area contributed by atoms with Crippen molar-refractivity contribution in [1.82, 2.24) is 5.43 Å². The first-order chi connectivity index (χ1) is 10.7. The number of hydrogen-bond donors (Lipinski definition) is 3. The van der Waals surface area contributed by atoms with Gasteiger partial charge in [0.1, 0.15) is 11.4 Å². The van der Waals surface area contributed by atoms with Crippen LogP contribution in [0.4, 0.5) is 5.69 Å². The number of thiocarbonyl (C=S) groups is 1. The van der Waals surface area contributed by atoms with E-state index < -0.39 is 0 Å². The third kappa shape index (κ3) is 4.39. The average molecular weight is 312 g/mol. The number of oxime groups is 1. The molecular weight excluding hydrogens is 296 g/mol. The molecule has 0 aliphatic heterocycles. The number of hydrazone groups is 1. The fraction of sp³-hybridized carbons (Fsp3) is 0.0625. The molecule has 0 heterocycles. The van der Waals surface area contributed by atoms with Gasteiger partial charge in [-0.05, 0) is 31.3 Å². The van der Waals surface area contributed by atoms with Crippen molar-refractivity contribution >= 4 is 34.4 Å². The molecule has 2 aromatic rings. The highest BCUT2D eigenvalue weighted by Gasteiger charge is 2.08. The summed E-state index contributed by atoms with van der Waals surface area (Å²) in [4.78, 5) is 0. The largest absolute Gasteiger partial charge is 0.411 e. The number of anilines is 1. The Morgan fingerprint density at radius 2 is 1.59 bits per heavy atom. The summed E-state index contributed by atoms with van der Waals surface area (Å²) >= 11 is 5.20. The van der Waals surface area contributed by atoms with Crippen molar-refractivity contribution in [2.24, 2.45) is 10.3 Å². The SMILES string of the molecule is CC(=N\O)/C(=N/NC(=S)Nc1ccccc1)c1ccccc1. The van der Waals surface area contributed by atoms with Crippen molar-refractivity contribution in [3.8, 4) is 0 Å².